The number of fused-ring (bicyclic) bond motifs is 1. The van der Waals surface area contributed by atoms with E-state index in [0.29, 0.717) is 18.8 Å². The summed E-state index contributed by atoms with van der Waals surface area (Å²) in [5, 5.41) is 0. The molecule has 1 aromatic rings. The van der Waals surface area contributed by atoms with Crippen molar-refractivity contribution in [2.45, 2.75) is 25.3 Å². The first-order valence-electron chi connectivity index (χ1n) is 7.57. The average Bonchev–Trinajstić information content (AvgIpc) is 3.01. The number of nitrogens with two attached hydrogens (primary N) is 1. The summed E-state index contributed by atoms with van der Waals surface area (Å²) in [5.74, 6) is 0. The van der Waals surface area contributed by atoms with Crippen molar-refractivity contribution in [2.24, 2.45) is 10.7 Å². The largest absolute Gasteiger partial charge is 0.463 e. The second-order valence-electron chi connectivity index (χ2n) is 6.22. The minimum absolute atomic E-state index is 0.239. The molecule has 1 spiro atoms. The summed E-state index contributed by atoms with van der Waals surface area (Å²) in [7, 11) is -0.431. The summed E-state index contributed by atoms with van der Waals surface area (Å²) in [6.07, 6.45) is 1.49. The first kappa shape index (κ1) is 16.1. The Balaban J connectivity index is 1.93. The maximum absolute atomic E-state index is 12.4. The van der Waals surface area contributed by atoms with E-state index in [9.17, 15) is 8.42 Å². The lowest BCUT2D eigenvalue weighted by molar-refractivity contribution is 0.258. The van der Waals surface area contributed by atoms with Gasteiger partial charge in [0.15, 0.2) is 0 Å². The van der Waals surface area contributed by atoms with Crippen molar-refractivity contribution in [1.82, 2.24) is 4.31 Å². The van der Waals surface area contributed by atoms with Crippen LogP contribution in [-0.4, -0.2) is 51.5 Å². The van der Waals surface area contributed by atoms with Crippen LogP contribution < -0.4 is 10.0 Å². The van der Waals surface area contributed by atoms with Crippen molar-refractivity contribution >= 4 is 21.9 Å². The highest BCUT2D eigenvalue weighted by Gasteiger charge is 2.42. The minimum Gasteiger partial charge on any atom is -0.463 e. The Labute approximate surface area is 136 Å². The molecule has 1 heterocycles. The van der Waals surface area contributed by atoms with Gasteiger partial charge < -0.3 is 10.5 Å². The van der Waals surface area contributed by atoms with Gasteiger partial charge in [-0.05, 0) is 30.2 Å². The number of aliphatic imine (C=N–C) groups is 1. The molecule has 1 aliphatic heterocycles. The van der Waals surface area contributed by atoms with Gasteiger partial charge in [0.1, 0.15) is 12.1 Å². The molecular formula is C15H22N4O3S. The van der Waals surface area contributed by atoms with E-state index < -0.39 is 10.2 Å². The lowest BCUT2D eigenvalue weighted by atomic mass is 9.99. The van der Waals surface area contributed by atoms with E-state index in [-0.39, 0.29) is 11.6 Å². The van der Waals surface area contributed by atoms with Crippen LogP contribution in [0.5, 0.6) is 0 Å². The Morgan fingerprint density at radius 1 is 1.30 bits per heavy atom. The number of benzene rings is 1. The Morgan fingerprint density at radius 3 is 2.57 bits per heavy atom. The van der Waals surface area contributed by atoms with E-state index in [1.807, 2.05) is 25.1 Å². The molecule has 1 aromatic carbocycles. The maximum Gasteiger partial charge on any atom is 0.303 e. The summed E-state index contributed by atoms with van der Waals surface area (Å²) in [5.41, 5.74) is 8.29. The van der Waals surface area contributed by atoms with E-state index in [1.54, 1.807) is 0 Å². The summed E-state index contributed by atoms with van der Waals surface area (Å²) in [4.78, 5) is 4.44. The second-order valence-corrected chi connectivity index (χ2v) is 8.29. The fraction of sp³-hybridized carbons (Fsp3) is 0.533. The average molecular weight is 338 g/mol. The number of amidine groups is 1. The summed E-state index contributed by atoms with van der Waals surface area (Å²) in [6, 6.07) is 6.02. The molecule has 0 bridgehead atoms. The van der Waals surface area contributed by atoms with Crippen LogP contribution in [0.15, 0.2) is 23.2 Å². The zero-order valence-electron chi connectivity index (χ0n) is 13.6. The molecule has 1 atom stereocenters. The smallest absolute Gasteiger partial charge is 0.303 e. The Kier molecular flexibility index (Phi) is 3.76. The third-order valence-corrected chi connectivity index (χ3v) is 6.33. The number of rotatable bonds is 4. The molecule has 0 aromatic heterocycles. The van der Waals surface area contributed by atoms with Crippen LogP contribution >= 0.6 is 0 Å². The summed E-state index contributed by atoms with van der Waals surface area (Å²) >= 11 is 0. The zero-order chi connectivity index (χ0) is 16.8. The number of ether oxygens (including phenoxy) is 1. The monoisotopic (exact) mass is 338 g/mol. The van der Waals surface area contributed by atoms with E-state index in [2.05, 4.69) is 4.99 Å². The predicted molar refractivity (Wildman–Crippen MR) is 89.8 cm³/mol. The molecule has 8 heteroatoms. The first-order valence-corrected chi connectivity index (χ1v) is 8.97. The number of hydrogen-bond acceptors (Lipinski definition) is 5. The summed E-state index contributed by atoms with van der Waals surface area (Å²) in [6.45, 7) is 2.68. The fourth-order valence-corrected chi connectivity index (χ4v) is 4.34. The number of hydrogen-bond donors (Lipinski definition) is 1. The van der Waals surface area contributed by atoms with Gasteiger partial charge >= 0.3 is 10.2 Å². The second kappa shape index (κ2) is 5.38. The highest BCUT2D eigenvalue weighted by molar-refractivity contribution is 7.90. The SMILES string of the molecule is CCN(c1ccc2c(c1)CC1(COC(N)=N1)C2)S(=O)(=O)N(C)C. The molecule has 7 nitrogen and oxygen atoms in total. The van der Waals surface area contributed by atoms with Crippen LogP contribution in [0.4, 0.5) is 5.69 Å². The van der Waals surface area contributed by atoms with Crippen LogP contribution in [-0.2, 0) is 27.8 Å². The minimum atomic E-state index is -3.50. The predicted octanol–water partition coefficient (Wildman–Crippen LogP) is 0.502. The van der Waals surface area contributed by atoms with Gasteiger partial charge in [-0.25, -0.2) is 4.99 Å². The number of nitrogens with zero attached hydrogens (tertiary/aromatic N) is 3. The van der Waals surface area contributed by atoms with Gasteiger partial charge in [0.05, 0.1) is 5.69 Å². The Hall–Kier alpha value is -1.80. The van der Waals surface area contributed by atoms with Crippen molar-refractivity contribution < 1.29 is 13.2 Å². The van der Waals surface area contributed by atoms with Gasteiger partial charge in [-0.2, -0.15) is 12.7 Å². The topological polar surface area (TPSA) is 88.2 Å². The normalized spacial score (nSPS) is 23.0. The van der Waals surface area contributed by atoms with Gasteiger partial charge in [0.25, 0.3) is 6.02 Å². The molecule has 0 radical (unpaired) electrons. The third kappa shape index (κ3) is 2.66. The standard InChI is InChI=1S/C15H22N4O3S/c1-4-19(23(20,21)18(2)3)13-6-5-11-8-15(9-12(11)7-13)10-22-14(16)17-15/h5-7H,4,8-10H2,1-3H3,(H2,16,17). The van der Waals surface area contributed by atoms with Gasteiger partial charge in [-0.1, -0.05) is 6.07 Å². The van der Waals surface area contributed by atoms with Crippen molar-refractivity contribution in [3.05, 3.63) is 29.3 Å². The highest BCUT2D eigenvalue weighted by atomic mass is 32.2. The molecular weight excluding hydrogens is 316 g/mol. The zero-order valence-corrected chi connectivity index (χ0v) is 14.4. The van der Waals surface area contributed by atoms with E-state index in [4.69, 9.17) is 10.5 Å². The molecule has 0 saturated carbocycles. The molecule has 1 unspecified atom stereocenters. The van der Waals surface area contributed by atoms with E-state index in [0.717, 1.165) is 18.4 Å². The van der Waals surface area contributed by atoms with Crippen molar-refractivity contribution in [3.63, 3.8) is 0 Å². The van der Waals surface area contributed by atoms with Gasteiger partial charge in [-0.15, -0.1) is 0 Å². The fourth-order valence-electron chi connectivity index (χ4n) is 3.24. The van der Waals surface area contributed by atoms with E-state index in [1.165, 1.54) is 28.3 Å². The Morgan fingerprint density at radius 2 is 2.00 bits per heavy atom. The molecule has 0 fully saturated rings. The van der Waals surface area contributed by atoms with E-state index >= 15 is 0 Å². The van der Waals surface area contributed by atoms with Crippen LogP contribution in [0.2, 0.25) is 0 Å². The summed E-state index contributed by atoms with van der Waals surface area (Å²) < 4.78 is 32.8. The lowest BCUT2D eigenvalue weighted by Gasteiger charge is -2.26. The lowest BCUT2D eigenvalue weighted by Crippen LogP contribution is -2.40. The highest BCUT2D eigenvalue weighted by Crippen LogP contribution is 2.37. The van der Waals surface area contributed by atoms with Crippen molar-refractivity contribution in [2.75, 3.05) is 31.6 Å². The third-order valence-electron chi connectivity index (χ3n) is 4.38. The molecule has 0 saturated heterocycles. The van der Waals surface area contributed by atoms with Crippen LogP contribution in [0, 0.1) is 0 Å². The molecule has 2 aliphatic rings. The quantitative estimate of drug-likeness (QED) is 0.866. The molecule has 1 aliphatic carbocycles. The van der Waals surface area contributed by atoms with Gasteiger partial charge in [0.2, 0.25) is 0 Å². The first-order chi connectivity index (χ1) is 10.8. The number of anilines is 1. The molecule has 2 N–H and O–H groups in total. The van der Waals surface area contributed by atoms with Gasteiger partial charge in [-0.3, -0.25) is 4.31 Å². The van der Waals surface area contributed by atoms with Crippen LogP contribution in [0.3, 0.4) is 0 Å². The molecule has 3 rings (SSSR count). The van der Waals surface area contributed by atoms with Crippen molar-refractivity contribution in [3.8, 4) is 0 Å². The molecule has 23 heavy (non-hydrogen) atoms. The molecule has 0 amide bonds. The van der Waals surface area contributed by atoms with Crippen molar-refractivity contribution in [1.29, 1.82) is 0 Å². The van der Waals surface area contributed by atoms with Crippen LogP contribution in [0.1, 0.15) is 18.1 Å². The Bertz CT molecular complexity index is 760. The molecule has 126 valence electrons. The maximum atomic E-state index is 12.4. The van der Waals surface area contributed by atoms with Crippen LogP contribution in [0.25, 0.3) is 0 Å². The van der Waals surface area contributed by atoms with Gasteiger partial charge in [0, 0.05) is 33.5 Å².